The lowest BCUT2D eigenvalue weighted by Gasteiger charge is -2.20. The average Bonchev–Trinajstić information content (AvgIpc) is 2.74. The number of nitrogen functional groups attached to an aromatic ring is 1. The monoisotopic (exact) mass is 284 g/mol. The topological polar surface area (TPSA) is 68.4 Å². The Kier molecular flexibility index (Phi) is 3.33. The zero-order valence-corrected chi connectivity index (χ0v) is 12.3. The summed E-state index contributed by atoms with van der Waals surface area (Å²) >= 11 is 0. The third-order valence-electron chi connectivity index (χ3n) is 3.82. The van der Waals surface area contributed by atoms with Crippen LogP contribution in [0.2, 0.25) is 0 Å². The fourth-order valence-electron chi connectivity index (χ4n) is 2.84. The van der Waals surface area contributed by atoms with Gasteiger partial charge in [0.2, 0.25) is 0 Å². The molecule has 4 heteroatoms. The highest BCUT2D eigenvalue weighted by molar-refractivity contribution is 5.48. The molecule has 3 N–H and O–H groups in total. The largest absolute Gasteiger partial charge is 0.487 e. The number of aromatic nitrogens is 1. The van der Waals surface area contributed by atoms with Crippen LogP contribution in [0.15, 0.2) is 36.5 Å². The molecule has 1 aliphatic heterocycles. The van der Waals surface area contributed by atoms with E-state index in [4.69, 9.17) is 10.5 Å². The Labute approximate surface area is 124 Å². The summed E-state index contributed by atoms with van der Waals surface area (Å²) in [5.74, 6) is 1.28. The van der Waals surface area contributed by atoms with Crippen LogP contribution in [0.3, 0.4) is 0 Å². The van der Waals surface area contributed by atoms with Crippen LogP contribution in [0, 0.1) is 0 Å². The minimum absolute atomic E-state index is 0.217. The molecular weight excluding hydrogens is 264 g/mol. The van der Waals surface area contributed by atoms with E-state index in [-0.39, 0.29) is 5.60 Å². The van der Waals surface area contributed by atoms with Crippen molar-refractivity contribution in [3.05, 3.63) is 53.2 Å². The third kappa shape index (κ3) is 2.72. The van der Waals surface area contributed by atoms with Gasteiger partial charge in [-0.05, 0) is 31.0 Å². The summed E-state index contributed by atoms with van der Waals surface area (Å²) in [5, 5.41) is 10.6. The van der Waals surface area contributed by atoms with Crippen LogP contribution in [0.25, 0.3) is 0 Å². The number of hydrogen-bond donors (Lipinski definition) is 2. The molecule has 0 aliphatic carbocycles. The minimum Gasteiger partial charge on any atom is -0.487 e. The molecule has 2 aromatic rings. The third-order valence-corrected chi connectivity index (χ3v) is 3.82. The number of ether oxygens (including phenoxy) is 1. The molecule has 0 fully saturated rings. The highest BCUT2D eigenvalue weighted by atomic mass is 16.5. The molecule has 0 saturated carbocycles. The lowest BCUT2D eigenvalue weighted by Crippen LogP contribution is -2.25. The molecule has 0 bridgehead atoms. The van der Waals surface area contributed by atoms with Gasteiger partial charge in [0, 0.05) is 24.6 Å². The lowest BCUT2D eigenvalue weighted by atomic mass is 9.96. The summed E-state index contributed by atoms with van der Waals surface area (Å²) < 4.78 is 6.01. The number of aliphatic hydroxyl groups excluding tert-OH is 1. The molecule has 1 aromatic carbocycles. The standard InChI is InChI=1S/C17H20N2O2/c1-17(2)10-12-5-3-7-13(15(12)21-17)14(20)9-11-6-4-8-19-16(11)18/h3-8,14,20H,9-10H2,1-2H3,(H2,18,19). The predicted octanol–water partition coefficient (Wildman–Crippen LogP) is 2.65. The van der Waals surface area contributed by atoms with Crippen molar-refractivity contribution in [2.24, 2.45) is 0 Å². The number of anilines is 1. The first-order chi connectivity index (χ1) is 9.96. The van der Waals surface area contributed by atoms with Crippen molar-refractivity contribution in [1.29, 1.82) is 0 Å². The normalized spacial score (nSPS) is 17.1. The Morgan fingerprint density at radius 1 is 1.33 bits per heavy atom. The van der Waals surface area contributed by atoms with E-state index in [0.717, 1.165) is 28.9 Å². The summed E-state index contributed by atoms with van der Waals surface area (Å²) in [5.41, 5.74) is 8.45. The number of rotatable bonds is 3. The minimum atomic E-state index is -0.652. The van der Waals surface area contributed by atoms with E-state index in [1.165, 1.54) is 0 Å². The van der Waals surface area contributed by atoms with Crippen LogP contribution in [0.1, 0.15) is 36.6 Å². The maximum atomic E-state index is 10.6. The molecule has 0 spiro atoms. The Morgan fingerprint density at radius 3 is 2.90 bits per heavy atom. The number of pyridine rings is 1. The van der Waals surface area contributed by atoms with Crippen molar-refractivity contribution in [1.82, 2.24) is 4.98 Å². The SMILES string of the molecule is CC1(C)Cc2cccc(C(O)Cc3cccnc3N)c2O1. The number of fused-ring (bicyclic) bond motifs is 1. The number of nitrogens with two attached hydrogens (primary N) is 1. The van der Waals surface area contributed by atoms with Crippen LogP contribution >= 0.6 is 0 Å². The molecular formula is C17H20N2O2. The molecule has 21 heavy (non-hydrogen) atoms. The van der Waals surface area contributed by atoms with Crippen molar-refractivity contribution < 1.29 is 9.84 Å². The molecule has 1 aliphatic rings. The fourth-order valence-corrected chi connectivity index (χ4v) is 2.84. The number of aliphatic hydroxyl groups is 1. The van der Waals surface area contributed by atoms with Gasteiger partial charge in [0.25, 0.3) is 0 Å². The maximum absolute atomic E-state index is 10.6. The van der Waals surface area contributed by atoms with Crippen LogP contribution in [-0.4, -0.2) is 15.7 Å². The summed E-state index contributed by atoms with van der Waals surface area (Å²) in [7, 11) is 0. The first-order valence-corrected chi connectivity index (χ1v) is 7.14. The maximum Gasteiger partial charge on any atom is 0.129 e. The number of nitrogens with zero attached hydrogens (tertiary/aromatic N) is 1. The van der Waals surface area contributed by atoms with Crippen molar-refractivity contribution in [2.75, 3.05) is 5.73 Å². The Morgan fingerprint density at radius 2 is 2.14 bits per heavy atom. The predicted molar refractivity (Wildman–Crippen MR) is 82.2 cm³/mol. The van der Waals surface area contributed by atoms with Gasteiger partial charge in [-0.15, -0.1) is 0 Å². The Bertz CT molecular complexity index is 668. The van der Waals surface area contributed by atoms with E-state index < -0.39 is 6.10 Å². The molecule has 2 heterocycles. The van der Waals surface area contributed by atoms with E-state index >= 15 is 0 Å². The van der Waals surface area contributed by atoms with Crippen molar-refractivity contribution in [3.63, 3.8) is 0 Å². The van der Waals surface area contributed by atoms with Gasteiger partial charge < -0.3 is 15.6 Å². The van der Waals surface area contributed by atoms with Gasteiger partial charge in [-0.25, -0.2) is 4.98 Å². The molecule has 4 nitrogen and oxygen atoms in total. The van der Waals surface area contributed by atoms with E-state index in [1.807, 2.05) is 24.3 Å². The fraction of sp³-hybridized carbons (Fsp3) is 0.353. The van der Waals surface area contributed by atoms with Gasteiger partial charge in [-0.2, -0.15) is 0 Å². The van der Waals surface area contributed by atoms with Crippen LogP contribution < -0.4 is 10.5 Å². The average molecular weight is 284 g/mol. The zero-order valence-electron chi connectivity index (χ0n) is 12.3. The van der Waals surface area contributed by atoms with Crippen LogP contribution in [-0.2, 0) is 12.8 Å². The Hall–Kier alpha value is -2.07. The summed E-state index contributed by atoms with van der Waals surface area (Å²) in [4.78, 5) is 4.06. The molecule has 1 atom stereocenters. The number of benzene rings is 1. The summed E-state index contributed by atoms with van der Waals surface area (Å²) in [6.45, 7) is 4.12. The highest BCUT2D eigenvalue weighted by Crippen LogP contribution is 2.40. The molecule has 0 radical (unpaired) electrons. The highest BCUT2D eigenvalue weighted by Gasteiger charge is 2.33. The van der Waals surface area contributed by atoms with Gasteiger partial charge in [0.1, 0.15) is 17.2 Å². The quantitative estimate of drug-likeness (QED) is 0.909. The van der Waals surface area contributed by atoms with Gasteiger partial charge in [-0.1, -0.05) is 24.3 Å². The molecule has 3 rings (SSSR count). The first kappa shape index (κ1) is 13.9. The molecule has 0 saturated heterocycles. The second kappa shape index (κ2) is 5.04. The lowest BCUT2D eigenvalue weighted by molar-refractivity contribution is 0.126. The van der Waals surface area contributed by atoms with Gasteiger partial charge in [0.05, 0.1) is 6.10 Å². The summed E-state index contributed by atoms with van der Waals surface area (Å²) in [6, 6.07) is 9.65. The number of para-hydroxylation sites is 1. The van der Waals surface area contributed by atoms with Crippen LogP contribution in [0.4, 0.5) is 5.82 Å². The van der Waals surface area contributed by atoms with E-state index in [2.05, 4.69) is 24.9 Å². The van der Waals surface area contributed by atoms with E-state index in [1.54, 1.807) is 6.20 Å². The van der Waals surface area contributed by atoms with Crippen molar-refractivity contribution >= 4 is 5.82 Å². The first-order valence-electron chi connectivity index (χ1n) is 7.14. The van der Waals surface area contributed by atoms with Gasteiger partial charge in [-0.3, -0.25) is 0 Å². The van der Waals surface area contributed by atoms with Crippen LogP contribution in [0.5, 0.6) is 5.75 Å². The smallest absolute Gasteiger partial charge is 0.129 e. The molecule has 110 valence electrons. The van der Waals surface area contributed by atoms with Crippen molar-refractivity contribution in [2.45, 2.75) is 38.4 Å². The summed E-state index contributed by atoms with van der Waals surface area (Å²) in [6.07, 6.45) is 2.29. The molecule has 0 amide bonds. The van der Waals surface area contributed by atoms with E-state index in [0.29, 0.717) is 12.2 Å². The Balaban J connectivity index is 1.89. The zero-order chi connectivity index (χ0) is 15.0. The van der Waals surface area contributed by atoms with Gasteiger partial charge >= 0.3 is 0 Å². The number of hydrogen-bond acceptors (Lipinski definition) is 4. The molecule has 1 unspecified atom stereocenters. The second-order valence-corrected chi connectivity index (χ2v) is 6.14. The molecule has 1 aromatic heterocycles. The second-order valence-electron chi connectivity index (χ2n) is 6.14. The van der Waals surface area contributed by atoms with E-state index in [9.17, 15) is 5.11 Å². The van der Waals surface area contributed by atoms with Gasteiger partial charge in [0.15, 0.2) is 0 Å². The van der Waals surface area contributed by atoms with Crippen molar-refractivity contribution in [3.8, 4) is 5.75 Å².